The van der Waals surface area contributed by atoms with E-state index in [1.165, 1.54) is 66.8 Å². The monoisotopic (exact) mass is 1030 g/mol. The Labute approximate surface area is 465 Å². The average Bonchev–Trinajstić information content (AvgIpc) is 4.39. The molecule has 0 N–H and O–H groups in total. The second-order valence-electron chi connectivity index (χ2n) is 22.9. The lowest BCUT2D eigenvalue weighted by molar-refractivity contribution is 0.660. The summed E-state index contributed by atoms with van der Waals surface area (Å²) in [6, 6.07) is 93.1. The maximum absolute atomic E-state index is 6.73. The fourth-order valence-corrected chi connectivity index (χ4v) is 13.5. The summed E-state index contributed by atoms with van der Waals surface area (Å²) in [5, 5.41) is 6.44. The normalized spacial score (nSPS) is 13.7. The number of hydrogen-bond acceptors (Lipinski definition) is 4. The Morgan fingerprint density at radius 3 is 1.01 bits per heavy atom. The summed E-state index contributed by atoms with van der Waals surface area (Å²) < 4.78 is 13.5. The van der Waals surface area contributed by atoms with Gasteiger partial charge in [0.1, 0.15) is 22.3 Å². The van der Waals surface area contributed by atoms with Gasteiger partial charge < -0.3 is 18.6 Å². The van der Waals surface area contributed by atoms with Gasteiger partial charge in [-0.15, -0.1) is 0 Å². The van der Waals surface area contributed by atoms with Crippen molar-refractivity contribution in [3.63, 3.8) is 0 Å². The first kappa shape index (κ1) is 46.2. The van der Waals surface area contributed by atoms with Crippen molar-refractivity contribution in [2.24, 2.45) is 0 Å². The number of hydrogen-bond donors (Lipinski definition) is 0. The molecule has 80 heavy (non-hydrogen) atoms. The first-order valence-corrected chi connectivity index (χ1v) is 27.8. The molecule has 2 aromatic heterocycles. The van der Waals surface area contributed by atoms with Crippen LogP contribution in [0.1, 0.15) is 49.9 Å². The van der Waals surface area contributed by atoms with Gasteiger partial charge in [0, 0.05) is 66.5 Å². The van der Waals surface area contributed by atoms with E-state index < -0.39 is 0 Å². The van der Waals surface area contributed by atoms with Gasteiger partial charge in [-0.1, -0.05) is 173 Å². The molecule has 0 radical (unpaired) electrons. The van der Waals surface area contributed by atoms with Gasteiger partial charge in [-0.3, -0.25) is 0 Å². The highest BCUT2D eigenvalue weighted by atomic mass is 16.3. The Balaban J connectivity index is 0.822. The summed E-state index contributed by atoms with van der Waals surface area (Å²) in [4.78, 5) is 4.80. The van der Waals surface area contributed by atoms with Crippen LogP contribution in [0.3, 0.4) is 0 Å². The third-order valence-electron chi connectivity index (χ3n) is 17.6. The molecule has 0 amide bonds. The lowest BCUT2D eigenvalue weighted by Crippen LogP contribution is -2.16. The molecule has 14 aromatic rings. The third kappa shape index (κ3) is 7.08. The van der Waals surface area contributed by atoms with Crippen LogP contribution in [0.4, 0.5) is 34.1 Å². The smallest absolute Gasteiger partial charge is 0.136 e. The van der Waals surface area contributed by atoms with E-state index >= 15 is 0 Å². The molecule has 0 unspecified atom stereocenters. The zero-order chi connectivity index (χ0) is 53.4. The molecule has 4 heteroatoms. The standard InChI is InChI=1S/C76H54N2O2/c1-75(2)67-21-13-11-19-59(67)61-35-31-57(45-69(61)75)77(53-27-23-49(24-28-53)47-15-7-5-8-16-47)55-33-37-71-65(43-55)63-39-51-40-64-66-44-56(34-38-72(66)80-74(64)42-52(51)41-73(63)79-71)78(54-29-25-50(26-30-54)48-17-9-6-10-18-48)58-32-36-62-60-20-12-14-22-68(60)76(3,4)70(62)46-58/h5-46H,1-4H3. The molecule has 0 aliphatic heterocycles. The Bertz CT molecular complexity index is 4510. The van der Waals surface area contributed by atoms with Gasteiger partial charge in [-0.25, -0.2) is 0 Å². The van der Waals surface area contributed by atoms with Crippen LogP contribution in [0.15, 0.2) is 264 Å². The lowest BCUT2D eigenvalue weighted by atomic mass is 9.82. The summed E-state index contributed by atoms with van der Waals surface area (Å²) in [5.41, 5.74) is 24.9. The van der Waals surface area contributed by atoms with Crippen LogP contribution in [0.2, 0.25) is 0 Å². The van der Waals surface area contributed by atoms with Crippen LogP contribution < -0.4 is 9.80 Å². The summed E-state index contributed by atoms with van der Waals surface area (Å²) in [5.74, 6) is 0. The quantitative estimate of drug-likeness (QED) is 0.152. The van der Waals surface area contributed by atoms with Crippen molar-refractivity contribution < 1.29 is 8.83 Å². The number of anilines is 6. The van der Waals surface area contributed by atoms with Crippen LogP contribution >= 0.6 is 0 Å². The van der Waals surface area contributed by atoms with Gasteiger partial charge in [0.25, 0.3) is 0 Å². The fraction of sp³-hybridized carbons (Fsp3) is 0.0789. The fourth-order valence-electron chi connectivity index (χ4n) is 13.5. The minimum Gasteiger partial charge on any atom is -0.456 e. The molecule has 0 saturated heterocycles. The minimum absolute atomic E-state index is 0.147. The molecule has 2 heterocycles. The second-order valence-corrected chi connectivity index (χ2v) is 22.9. The Hall–Kier alpha value is -9.90. The first-order valence-electron chi connectivity index (χ1n) is 27.8. The summed E-state index contributed by atoms with van der Waals surface area (Å²) in [7, 11) is 0. The average molecular weight is 1030 g/mol. The lowest BCUT2D eigenvalue weighted by Gasteiger charge is -2.28. The highest BCUT2D eigenvalue weighted by Crippen LogP contribution is 2.53. The van der Waals surface area contributed by atoms with Crippen molar-refractivity contribution in [3.8, 4) is 44.5 Å². The van der Waals surface area contributed by atoms with E-state index in [2.05, 4.69) is 292 Å². The molecule has 12 aromatic carbocycles. The molecule has 0 atom stereocenters. The maximum Gasteiger partial charge on any atom is 0.136 e. The summed E-state index contributed by atoms with van der Waals surface area (Å²) >= 11 is 0. The van der Waals surface area contributed by atoms with Crippen molar-refractivity contribution in [1.29, 1.82) is 0 Å². The van der Waals surface area contributed by atoms with E-state index in [1.807, 2.05) is 0 Å². The van der Waals surface area contributed by atoms with Gasteiger partial charge in [0.15, 0.2) is 0 Å². The Kier molecular flexibility index (Phi) is 9.99. The highest BCUT2D eigenvalue weighted by Gasteiger charge is 2.37. The number of fused-ring (bicyclic) bond motifs is 13. The zero-order valence-corrected chi connectivity index (χ0v) is 45.0. The van der Waals surface area contributed by atoms with Gasteiger partial charge in [-0.2, -0.15) is 0 Å². The SMILES string of the molecule is CC1(C)c2ccccc2-c2ccc(N(c3ccc(-c4ccccc4)cc3)c3ccc4oc5cc6cc7oc8ccc(N(c9ccc(-c%10ccccc%10)cc9)c9ccc%10c(c9)C(C)(C)c9ccccc9-%10)cc8c7cc6cc5c4c3)cc21. The van der Waals surface area contributed by atoms with Crippen LogP contribution in [0, 0.1) is 0 Å². The predicted octanol–water partition coefficient (Wildman–Crippen LogP) is 21.5. The maximum atomic E-state index is 6.73. The van der Waals surface area contributed by atoms with Crippen molar-refractivity contribution in [2.75, 3.05) is 9.80 Å². The molecule has 380 valence electrons. The molecule has 2 aliphatic carbocycles. The predicted molar refractivity (Wildman–Crippen MR) is 334 cm³/mol. The van der Waals surface area contributed by atoms with Crippen LogP contribution in [-0.2, 0) is 10.8 Å². The highest BCUT2D eigenvalue weighted by molar-refractivity contribution is 6.16. The molecule has 0 saturated carbocycles. The number of rotatable bonds is 8. The largest absolute Gasteiger partial charge is 0.456 e. The molecule has 0 fully saturated rings. The van der Waals surface area contributed by atoms with E-state index in [9.17, 15) is 0 Å². The number of benzene rings is 12. The molecule has 0 bridgehead atoms. The molecular weight excluding hydrogens is 973 g/mol. The third-order valence-corrected chi connectivity index (χ3v) is 17.6. The van der Waals surface area contributed by atoms with Crippen LogP contribution in [-0.4, -0.2) is 0 Å². The van der Waals surface area contributed by atoms with Gasteiger partial charge >= 0.3 is 0 Å². The van der Waals surface area contributed by atoms with Gasteiger partial charge in [-0.05, 0) is 187 Å². The Morgan fingerprint density at radius 1 is 0.250 bits per heavy atom. The summed E-state index contributed by atoms with van der Waals surface area (Å²) in [6.07, 6.45) is 0. The van der Waals surface area contributed by atoms with Gasteiger partial charge in [0.05, 0.1) is 0 Å². The van der Waals surface area contributed by atoms with Crippen molar-refractivity contribution >= 4 is 88.8 Å². The van der Waals surface area contributed by atoms with Crippen LogP contribution in [0.5, 0.6) is 0 Å². The second kappa shape index (κ2) is 17.3. The topological polar surface area (TPSA) is 32.8 Å². The molecule has 2 aliphatic rings. The van der Waals surface area contributed by atoms with E-state index in [0.717, 1.165) is 88.8 Å². The molecule has 16 rings (SSSR count). The van der Waals surface area contributed by atoms with Crippen molar-refractivity contribution in [1.82, 2.24) is 0 Å². The first-order chi connectivity index (χ1) is 39.1. The van der Waals surface area contributed by atoms with E-state index in [0.29, 0.717) is 0 Å². The molecule has 0 spiro atoms. The zero-order valence-electron chi connectivity index (χ0n) is 45.0. The molecular formula is C76H54N2O2. The number of furan rings is 2. The van der Waals surface area contributed by atoms with Crippen molar-refractivity contribution in [2.45, 2.75) is 38.5 Å². The summed E-state index contributed by atoms with van der Waals surface area (Å²) in [6.45, 7) is 9.40. The van der Waals surface area contributed by atoms with Crippen molar-refractivity contribution in [3.05, 3.63) is 277 Å². The Morgan fingerprint density at radius 2 is 0.575 bits per heavy atom. The van der Waals surface area contributed by atoms with E-state index in [1.54, 1.807) is 0 Å². The number of nitrogens with zero attached hydrogens (tertiary/aromatic N) is 2. The van der Waals surface area contributed by atoms with E-state index in [-0.39, 0.29) is 10.8 Å². The minimum atomic E-state index is -0.147. The molecule has 4 nitrogen and oxygen atoms in total. The van der Waals surface area contributed by atoms with E-state index in [4.69, 9.17) is 8.83 Å². The van der Waals surface area contributed by atoms with Crippen LogP contribution in [0.25, 0.3) is 99.2 Å². The van der Waals surface area contributed by atoms with Gasteiger partial charge in [0.2, 0.25) is 0 Å².